The van der Waals surface area contributed by atoms with Crippen LogP contribution < -0.4 is 0 Å². The molecule has 3 aliphatic rings. The first-order valence-electron chi connectivity index (χ1n) is 6.33. The van der Waals surface area contributed by atoms with E-state index in [1.165, 1.54) is 0 Å². The van der Waals surface area contributed by atoms with Crippen molar-refractivity contribution < 1.29 is 21.8 Å². The molecule has 0 spiro atoms. The van der Waals surface area contributed by atoms with Gasteiger partial charge in [-0.25, -0.2) is 5.73 Å². The zero-order valence-electron chi connectivity index (χ0n) is 11.4. The Bertz CT molecular complexity index is 801. The third-order valence-corrected chi connectivity index (χ3v) is 2.80. The molecule has 1 aromatic rings. The second kappa shape index (κ2) is 7.90. The van der Waals surface area contributed by atoms with Crippen LogP contribution in [0.15, 0.2) is 59.0 Å². The van der Waals surface area contributed by atoms with Gasteiger partial charge in [-0.2, -0.15) is 0 Å². The minimum Gasteiger partial charge on any atom is -0.643 e. The van der Waals surface area contributed by atoms with Crippen LogP contribution in [0.5, 0.6) is 0 Å². The minimum absolute atomic E-state index is 0. The summed E-state index contributed by atoms with van der Waals surface area (Å²) >= 11 is 0. The van der Waals surface area contributed by atoms with Crippen LogP contribution in [-0.2, 0) is 21.8 Å². The molecule has 0 N–H and O–H groups in total. The fourth-order valence-electron chi connectivity index (χ4n) is 1.84. The number of allylic oxidation sites excluding steroid dienone is 3. The predicted molar refractivity (Wildman–Crippen MR) is 78.1 cm³/mol. The van der Waals surface area contributed by atoms with E-state index in [4.69, 9.17) is 4.74 Å². The molecule has 1 saturated heterocycles. The molecule has 1 fully saturated rings. The molecule has 0 unspecified atom stereocenters. The maximum Gasteiger partial charge on any atom is 2.00 e. The molecule has 2 aliphatic carbocycles. The first kappa shape index (κ1) is 15.7. The molecule has 1 atom stereocenters. The van der Waals surface area contributed by atoms with Crippen molar-refractivity contribution in [1.29, 1.82) is 0 Å². The fourth-order valence-corrected chi connectivity index (χ4v) is 1.84. The molecule has 2 nitrogen and oxygen atoms in total. The molecule has 0 amide bonds. The third-order valence-electron chi connectivity index (χ3n) is 2.80. The average Bonchev–Trinajstić information content (AvgIpc) is 3.30. The molecular formula is C19H8FeNO. The zero-order valence-corrected chi connectivity index (χ0v) is 12.5. The van der Waals surface area contributed by atoms with Gasteiger partial charge in [0.25, 0.3) is 0 Å². The molecular weight excluding hydrogens is 314 g/mol. The van der Waals surface area contributed by atoms with E-state index in [1.807, 2.05) is 18.2 Å². The molecule has 22 heavy (non-hydrogen) atoms. The van der Waals surface area contributed by atoms with Gasteiger partial charge in [0.2, 0.25) is 0 Å². The number of benzene rings is 1. The third kappa shape index (κ3) is 3.90. The van der Waals surface area contributed by atoms with E-state index in [9.17, 15) is 0 Å². The van der Waals surface area contributed by atoms with Crippen LogP contribution in [0.25, 0.3) is 5.32 Å². The van der Waals surface area contributed by atoms with E-state index in [0.717, 1.165) is 5.56 Å². The van der Waals surface area contributed by atoms with E-state index >= 15 is 0 Å². The van der Waals surface area contributed by atoms with Crippen molar-refractivity contribution in [2.75, 3.05) is 6.61 Å². The van der Waals surface area contributed by atoms with Gasteiger partial charge in [0.15, 0.2) is 0 Å². The molecule has 1 radical (unpaired) electrons. The maximum absolute atomic E-state index is 5.51. The van der Waals surface area contributed by atoms with Gasteiger partial charge >= 0.3 is 17.1 Å². The maximum atomic E-state index is 5.51. The van der Waals surface area contributed by atoms with Crippen LogP contribution in [0.3, 0.4) is 0 Å². The van der Waals surface area contributed by atoms with E-state index in [2.05, 4.69) is 70.5 Å². The van der Waals surface area contributed by atoms with Crippen molar-refractivity contribution in [3.8, 4) is 23.7 Å². The quantitative estimate of drug-likeness (QED) is 0.337. The standard InChI is InChI=1S/C14H8NO.C5.Fe/c1-2-6-11(7-3-1)13-10-16-14(15-13)12-8-4-5-9-12;1-2-4-5-3-1;/h1-3,6-7,13H,10H2;;/q2*-1;+2/t13-;;/m1../s1. The van der Waals surface area contributed by atoms with E-state index in [-0.39, 0.29) is 23.1 Å². The van der Waals surface area contributed by atoms with Gasteiger partial charge in [-0.15, -0.1) is 12.2 Å². The monoisotopic (exact) mass is 322 g/mol. The molecule has 1 heterocycles. The molecule has 1 aliphatic heterocycles. The summed E-state index contributed by atoms with van der Waals surface area (Å²) in [4.78, 5) is 0. The van der Waals surface area contributed by atoms with Crippen molar-refractivity contribution in [1.82, 2.24) is 0 Å². The van der Waals surface area contributed by atoms with Gasteiger partial charge in [-0.1, -0.05) is 41.9 Å². The van der Waals surface area contributed by atoms with Crippen molar-refractivity contribution >= 4 is 0 Å². The van der Waals surface area contributed by atoms with Crippen LogP contribution in [-0.4, -0.2) is 6.61 Å². The van der Waals surface area contributed by atoms with Crippen LogP contribution in [0.2, 0.25) is 0 Å². The molecule has 0 aromatic heterocycles. The summed E-state index contributed by atoms with van der Waals surface area (Å²) in [5.74, 6) is 11.7. The second-order valence-electron chi connectivity index (χ2n) is 4.17. The summed E-state index contributed by atoms with van der Waals surface area (Å²) < 4.78 is 5.51. The van der Waals surface area contributed by atoms with Crippen molar-refractivity contribution in [2.24, 2.45) is 0 Å². The number of ether oxygens (including phenoxy) is 1. The van der Waals surface area contributed by atoms with E-state index in [0.29, 0.717) is 18.1 Å². The minimum atomic E-state index is 0. The summed E-state index contributed by atoms with van der Waals surface area (Å²) in [6.07, 6.45) is 5.00. The first-order valence-corrected chi connectivity index (χ1v) is 6.33. The van der Waals surface area contributed by atoms with Gasteiger partial charge in [-0.3, -0.25) is 11.5 Å². The topological polar surface area (TPSA) is 23.3 Å². The van der Waals surface area contributed by atoms with Gasteiger partial charge in [-0.05, 0) is 23.7 Å². The van der Waals surface area contributed by atoms with Gasteiger partial charge in [0, 0.05) is 5.88 Å². The Balaban J connectivity index is 0.000000253. The number of rotatable bonds is 1. The fraction of sp³-hybridized carbons (Fsp3) is 0.105. The Hall–Kier alpha value is -2.72. The summed E-state index contributed by atoms with van der Waals surface area (Å²) in [7, 11) is 0. The molecule has 0 bridgehead atoms. The first-order chi connectivity index (χ1) is 10.4. The van der Waals surface area contributed by atoms with Crippen LogP contribution in [0.1, 0.15) is 11.6 Å². The number of nitrogens with zero attached hydrogens (tertiary/aromatic N) is 1. The van der Waals surface area contributed by atoms with Gasteiger partial charge < -0.3 is 10.1 Å². The molecule has 103 valence electrons. The summed E-state index contributed by atoms with van der Waals surface area (Å²) in [5.41, 5.74) is 9.37. The Kier molecular flexibility index (Phi) is 5.63. The Morgan fingerprint density at radius 3 is 2.45 bits per heavy atom. The van der Waals surface area contributed by atoms with Crippen molar-refractivity contribution in [3.63, 3.8) is 0 Å². The van der Waals surface area contributed by atoms with Gasteiger partial charge in [0.1, 0.15) is 0 Å². The summed E-state index contributed by atoms with van der Waals surface area (Å²) in [6, 6.07) is 10.2. The molecule has 0 saturated carbocycles. The number of hydrogen-bond donors (Lipinski definition) is 0. The van der Waals surface area contributed by atoms with Crippen LogP contribution >= 0.6 is 0 Å². The average molecular weight is 322 g/mol. The van der Waals surface area contributed by atoms with E-state index < -0.39 is 0 Å². The van der Waals surface area contributed by atoms with Gasteiger partial charge in [0.05, 0.1) is 12.2 Å². The summed E-state index contributed by atoms with van der Waals surface area (Å²) in [5, 5.41) is 4.49. The second-order valence-corrected chi connectivity index (χ2v) is 4.17. The Labute approximate surface area is 140 Å². The molecule has 3 heteroatoms. The van der Waals surface area contributed by atoms with Crippen molar-refractivity contribution in [2.45, 2.75) is 6.04 Å². The molecule has 1 aromatic carbocycles. The SMILES string of the molecule is C1#CC(=C2[N-][C@@H](c3ccccc3)CO2)C#C1.[C]1=C=C=C=[C-]1.[Fe+2]. The zero-order chi connectivity index (χ0) is 14.3. The van der Waals surface area contributed by atoms with Crippen LogP contribution in [0.4, 0.5) is 0 Å². The molecule has 4 rings (SSSR count). The van der Waals surface area contributed by atoms with E-state index in [1.54, 1.807) is 0 Å². The largest absolute Gasteiger partial charge is 2.00 e. The number of hydrogen-bond acceptors (Lipinski definition) is 1. The van der Waals surface area contributed by atoms with Crippen molar-refractivity contribution in [3.05, 3.63) is 82.0 Å². The Morgan fingerprint density at radius 1 is 1.09 bits per heavy atom. The normalized spacial score (nSPS) is 17.4. The predicted octanol–water partition coefficient (Wildman–Crippen LogP) is 2.99. The summed E-state index contributed by atoms with van der Waals surface area (Å²) in [6.45, 7) is 0.576. The Morgan fingerprint density at radius 2 is 1.86 bits per heavy atom. The smallest absolute Gasteiger partial charge is 0.643 e. The van der Waals surface area contributed by atoms with Crippen LogP contribution in [0, 0.1) is 35.8 Å².